The van der Waals surface area contributed by atoms with E-state index in [9.17, 15) is 0 Å². The van der Waals surface area contributed by atoms with Crippen LogP contribution in [0.4, 0.5) is 5.69 Å². The van der Waals surface area contributed by atoms with Crippen molar-refractivity contribution >= 4 is 37.5 Å². The van der Waals surface area contributed by atoms with Crippen molar-refractivity contribution in [3.05, 3.63) is 62.0 Å². The average Bonchev–Trinajstić information content (AvgIpc) is 2.30. The second-order valence-electron chi connectivity index (χ2n) is 4.41. The summed E-state index contributed by atoms with van der Waals surface area (Å²) in [5, 5.41) is 3.47. The van der Waals surface area contributed by atoms with Gasteiger partial charge in [0.15, 0.2) is 0 Å². The molecule has 0 radical (unpaired) electrons. The third kappa shape index (κ3) is 3.36. The Hall–Kier alpha value is -0.800. The fourth-order valence-electron chi connectivity index (χ4n) is 1.81. The smallest absolute Gasteiger partial charge is 0.0412 e. The van der Waals surface area contributed by atoms with Crippen LogP contribution in [-0.4, -0.2) is 0 Å². The Bertz CT molecular complexity index is 513. The van der Waals surface area contributed by atoms with Crippen LogP contribution < -0.4 is 5.32 Å². The van der Waals surface area contributed by atoms with Crippen molar-refractivity contribution < 1.29 is 0 Å². The number of aryl methyl sites for hydroxylation is 2. The molecule has 0 saturated carbocycles. The molecule has 0 fully saturated rings. The maximum atomic E-state index is 3.60. The topological polar surface area (TPSA) is 12.0 Å². The van der Waals surface area contributed by atoms with Crippen molar-refractivity contribution in [1.29, 1.82) is 0 Å². The molecule has 0 spiro atoms. The third-order valence-corrected chi connectivity index (χ3v) is 4.10. The minimum Gasteiger partial charge on any atom is -0.381 e. The van der Waals surface area contributed by atoms with Crippen molar-refractivity contribution in [2.75, 3.05) is 5.32 Å². The molecule has 0 unspecified atom stereocenters. The predicted molar refractivity (Wildman–Crippen MR) is 85.1 cm³/mol. The third-order valence-electron chi connectivity index (χ3n) is 2.87. The van der Waals surface area contributed by atoms with Crippen LogP contribution in [0.2, 0.25) is 0 Å². The molecule has 0 atom stereocenters. The zero-order chi connectivity index (χ0) is 13.1. The standard InChI is InChI=1S/C15H15Br2N/c1-10-3-4-12(14(17)7-10)9-18-15-6-5-13(16)8-11(15)2/h3-8,18H,9H2,1-2H3. The Labute approximate surface area is 125 Å². The van der Waals surface area contributed by atoms with Gasteiger partial charge in [0.2, 0.25) is 0 Å². The molecule has 0 aliphatic carbocycles. The van der Waals surface area contributed by atoms with Gasteiger partial charge in [-0.3, -0.25) is 0 Å². The first kappa shape index (κ1) is 13.6. The van der Waals surface area contributed by atoms with Gasteiger partial charge in [-0.1, -0.05) is 44.0 Å². The van der Waals surface area contributed by atoms with E-state index in [1.54, 1.807) is 0 Å². The molecule has 0 heterocycles. The first-order chi connectivity index (χ1) is 8.56. The van der Waals surface area contributed by atoms with Gasteiger partial charge in [-0.05, 0) is 54.8 Å². The molecule has 1 nitrogen and oxygen atoms in total. The second-order valence-corrected chi connectivity index (χ2v) is 6.18. The van der Waals surface area contributed by atoms with Crippen molar-refractivity contribution in [3.8, 4) is 0 Å². The normalized spacial score (nSPS) is 10.4. The predicted octanol–water partition coefficient (Wildman–Crippen LogP) is 5.44. The van der Waals surface area contributed by atoms with Crippen LogP contribution in [0.15, 0.2) is 45.3 Å². The Morgan fingerprint density at radius 2 is 1.78 bits per heavy atom. The van der Waals surface area contributed by atoms with E-state index in [1.807, 2.05) is 0 Å². The molecule has 0 aliphatic heterocycles. The van der Waals surface area contributed by atoms with Crippen molar-refractivity contribution in [1.82, 2.24) is 0 Å². The van der Waals surface area contributed by atoms with Crippen LogP contribution in [0, 0.1) is 13.8 Å². The fourth-order valence-corrected chi connectivity index (χ4v) is 2.92. The van der Waals surface area contributed by atoms with Crippen molar-refractivity contribution in [2.24, 2.45) is 0 Å². The lowest BCUT2D eigenvalue weighted by atomic mass is 10.1. The molecule has 3 heteroatoms. The maximum Gasteiger partial charge on any atom is 0.0412 e. The average molecular weight is 369 g/mol. The van der Waals surface area contributed by atoms with Crippen LogP contribution in [-0.2, 0) is 6.54 Å². The van der Waals surface area contributed by atoms with Gasteiger partial charge >= 0.3 is 0 Å². The highest BCUT2D eigenvalue weighted by molar-refractivity contribution is 9.10. The molecule has 0 bridgehead atoms. The molecule has 94 valence electrons. The Kier molecular flexibility index (Phi) is 4.46. The number of hydrogen-bond donors (Lipinski definition) is 1. The number of hydrogen-bond acceptors (Lipinski definition) is 1. The van der Waals surface area contributed by atoms with E-state index < -0.39 is 0 Å². The fraction of sp³-hybridized carbons (Fsp3) is 0.200. The lowest BCUT2D eigenvalue weighted by Crippen LogP contribution is -2.01. The number of rotatable bonds is 3. The quantitative estimate of drug-likeness (QED) is 0.760. The molecule has 1 N–H and O–H groups in total. The Morgan fingerprint density at radius 3 is 2.44 bits per heavy atom. The minimum atomic E-state index is 0.823. The van der Waals surface area contributed by atoms with Crippen LogP contribution in [0.1, 0.15) is 16.7 Å². The molecular weight excluding hydrogens is 354 g/mol. The highest BCUT2D eigenvalue weighted by Gasteiger charge is 2.02. The summed E-state index contributed by atoms with van der Waals surface area (Å²) in [4.78, 5) is 0. The summed E-state index contributed by atoms with van der Waals surface area (Å²) in [7, 11) is 0. The molecule has 2 aromatic carbocycles. The van der Waals surface area contributed by atoms with E-state index in [0.29, 0.717) is 0 Å². The van der Waals surface area contributed by atoms with E-state index in [4.69, 9.17) is 0 Å². The summed E-state index contributed by atoms with van der Waals surface area (Å²) in [6.45, 7) is 5.03. The van der Waals surface area contributed by atoms with Gasteiger partial charge in [-0.2, -0.15) is 0 Å². The minimum absolute atomic E-state index is 0.823. The molecule has 0 saturated heterocycles. The molecule has 2 rings (SSSR count). The molecule has 18 heavy (non-hydrogen) atoms. The molecule has 0 aliphatic rings. The highest BCUT2D eigenvalue weighted by atomic mass is 79.9. The number of halogens is 2. The van der Waals surface area contributed by atoms with E-state index in [1.165, 1.54) is 22.4 Å². The largest absolute Gasteiger partial charge is 0.381 e. The summed E-state index contributed by atoms with van der Waals surface area (Å²) >= 11 is 7.08. The van der Waals surface area contributed by atoms with E-state index in [0.717, 1.165) is 15.5 Å². The second kappa shape index (κ2) is 5.89. The van der Waals surface area contributed by atoms with Crippen molar-refractivity contribution in [2.45, 2.75) is 20.4 Å². The van der Waals surface area contributed by atoms with E-state index in [-0.39, 0.29) is 0 Å². The van der Waals surface area contributed by atoms with Crippen LogP contribution >= 0.6 is 31.9 Å². The van der Waals surface area contributed by atoms with Gasteiger partial charge in [0.25, 0.3) is 0 Å². The van der Waals surface area contributed by atoms with E-state index in [2.05, 4.69) is 87.4 Å². The summed E-state index contributed by atoms with van der Waals surface area (Å²) in [5.41, 5.74) is 4.95. The van der Waals surface area contributed by atoms with Gasteiger partial charge in [-0.15, -0.1) is 0 Å². The number of anilines is 1. The molecule has 0 aromatic heterocycles. The van der Waals surface area contributed by atoms with Gasteiger partial charge in [0.1, 0.15) is 0 Å². The lowest BCUT2D eigenvalue weighted by Gasteiger charge is -2.11. The Morgan fingerprint density at radius 1 is 1.00 bits per heavy atom. The lowest BCUT2D eigenvalue weighted by molar-refractivity contribution is 1.12. The van der Waals surface area contributed by atoms with Crippen molar-refractivity contribution in [3.63, 3.8) is 0 Å². The first-order valence-electron chi connectivity index (χ1n) is 5.81. The van der Waals surface area contributed by atoms with E-state index >= 15 is 0 Å². The molecular formula is C15H15Br2N. The molecule has 0 amide bonds. The van der Waals surface area contributed by atoms with Gasteiger partial charge in [0, 0.05) is 21.2 Å². The maximum absolute atomic E-state index is 3.60. The summed E-state index contributed by atoms with van der Waals surface area (Å²) in [6, 6.07) is 12.7. The number of benzene rings is 2. The van der Waals surface area contributed by atoms with Crippen LogP contribution in [0.3, 0.4) is 0 Å². The Balaban J connectivity index is 2.11. The number of nitrogens with one attached hydrogen (secondary N) is 1. The highest BCUT2D eigenvalue weighted by Crippen LogP contribution is 2.23. The van der Waals surface area contributed by atoms with Gasteiger partial charge < -0.3 is 5.32 Å². The summed E-state index contributed by atoms with van der Waals surface area (Å²) in [6.07, 6.45) is 0. The summed E-state index contributed by atoms with van der Waals surface area (Å²) in [5.74, 6) is 0. The zero-order valence-electron chi connectivity index (χ0n) is 10.4. The zero-order valence-corrected chi connectivity index (χ0v) is 13.6. The van der Waals surface area contributed by atoms with Gasteiger partial charge in [-0.25, -0.2) is 0 Å². The summed E-state index contributed by atoms with van der Waals surface area (Å²) < 4.78 is 2.27. The van der Waals surface area contributed by atoms with Crippen LogP contribution in [0.25, 0.3) is 0 Å². The molecule has 2 aromatic rings. The van der Waals surface area contributed by atoms with Crippen LogP contribution in [0.5, 0.6) is 0 Å². The first-order valence-corrected chi connectivity index (χ1v) is 7.40. The monoisotopic (exact) mass is 367 g/mol. The van der Waals surface area contributed by atoms with Gasteiger partial charge in [0.05, 0.1) is 0 Å². The SMILES string of the molecule is Cc1ccc(CNc2ccc(Br)cc2C)c(Br)c1.